The number of hydrogen-bond donors (Lipinski definition) is 0. The minimum atomic E-state index is 1.19. The number of fused-ring (bicyclic) bond motifs is 7. The van der Waals surface area contributed by atoms with E-state index in [1.165, 1.54) is 70.9 Å². The predicted molar refractivity (Wildman–Crippen MR) is 159 cm³/mol. The van der Waals surface area contributed by atoms with Crippen LogP contribution in [0.15, 0.2) is 140 Å². The average molecular weight is 470 g/mol. The Labute approximate surface area is 214 Å². The van der Waals surface area contributed by atoms with Crippen molar-refractivity contribution < 1.29 is 0 Å². The minimum Gasteiger partial charge on any atom is -0.309 e. The molecule has 0 unspecified atom stereocenters. The van der Waals surface area contributed by atoms with Crippen molar-refractivity contribution in [2.24, 2.45) is 0 Å². The molecule has 0 radical (unpaired) electrons. The lowest BCUT2D eigenvalue weighted by atomic mass is 9.93. The summed E-state index contributed by atoms with van der Waals surface area (Å²) in [6, 6.07) is 50.8. The first-order valence-electron chi connectivity index (χ1n) is 12.8. The molecule has 0 atom stereocenters. The van der Waals surface area contributed by atoms with Crippen LogP contribution < -0.4 is 0 Å². The lowest BCUT2D eigenvalue weighted by molar-refractivity contribution is 1.18. The van der Waals surface area contributed by atoms with Gasteiger partial charge in [0, 0.05) is 16.5 Å². The van der Waals surface area contributed by atoms with E-state index in [-0.39, 0.29) is 0 Å². The molecule has 1 nitrogen and oxygen atoms in total. The molecule has 0 saturated carbocycles. The van der Waals surface area contributed by atoms with Crippen molar-refractivity contribution in [3.05, 3.63) is 140 Å². The molecule has 0 aliphatic carbocycles. The van der Waals surface area contributed by atoms with E-state index in [1.54, 1.807) is 0 Å². The van der Waals surface area contributed by atoms with E-state index in [2.05, 4.69) is 144 Å². The summed E-state index contributed by atoms with van der Waals surface area (Å²) >= 11 is 0. The number of nitrogens with zero attached hydrogens (tertiary/aromatic N) is 1. The fourth-order valence-electron chi connectivity index (χ4n) is 6.03. The lowest BCUT2D eigenvalue weighted by Crippen LogP contribution is -1.92. The third-order valence-corrected chi connectivity index (χ3v) is 7.74. The normalized spacial score (nSPS) is 11.8. The van der Waals surface area contributed by atoms with Gasteiger partial charge in [-0.05, 0) is 85.9 Å². The van der Waals surface area contributed by atoms with Crippen LogP contribution in [0.25, 0.3) is 70.9 Å². The van der Waals surface area contributed by atoms with Gasteiger partial charge < -0.3 is 4.57 Å². The Morgan fingerprint density at radius 2 is 1.03 bits per heavy atom. The van der Waals surface area contributed by atoms with Crippen LogP contribution in [-0.4, -0.2) is 4.57 Å². The number of hydrogen-bond acceptors (Lipinski definition) is 0. The van der Waals surface area contributed by atoms with Crippen molar-refractivity contribution in [1.29, 1.82) is 0 Å². The quantitative estimate of drug-likeness (QED) is 0.175. The van der Waals surface area contributed by atoms with E-state index in [0.717, 1.165) is 0 Å². The SMILES string of the molecule is c1ccc(-n2c3ccccc3c3cc(-c4cccc5cc6c(ccc7ccccc76)cc45)ccc32)cc1. The van der Waals surface area contributed by atoms with Crippen LogP contribution in [0.1, 0.15) is 0 Å². The molecule has 0 spiro atoms. The van der Waals surface area contributed by atoms with Gasteiger partial charge in [0.05, 0.1) is 11.0 Å². The first-order chi connectivity index (χ1) is 18.3. The predicted octanol–water partition coefficient (Wildman–Crippen LogP) is 9.91. The van der Waals surface area contributed by atoms with E-state index in [9.17, 15) is 0 Å². The van der Waals surface area contributed by atoms with E-state index in [4.69, 9.17) is 0 Å². The van der Waals surface area contributed by atoms with Gasteiger partial charge in [-0.2, -0.15) is 0 Å². The minimum absolute atomic E-state index is 1.19. The van der Waals surface area contributed by atoms with Crippen molar-refractivity contribution in [2.75, 3.05) is 0 Å². The van der Waals surface area contributed by atoms with Crippen molar-refractivity contribution >= 4 is 54.1 Å². The molecule has 8 aromatic rings. The second kappa shape index (κ2) is 7.81. The van der Waals surface area contributed by atoms with Crippen LogP contribution in [-0.2, 0) is 0 Å². The van der Waals surface area contributed by atoms with Crippen molar-refractivity contribution in [3.63, 3.8) is 0 Å². The van der Waals surface area contributed by atoms with Gasteiger partial charge in [-0.15, -0.1) is 0 Å². The van der Waals surface area contributed by atoms with Crippen LogP contribution in [0.5, 0.6) is 0 Å². The second-order valence-corrected chi connectivity index (χ2v) is 9.81. The first kappa shape index (κ1) is 20.3. The molecule has 1 heteroatoms. The maximum Gasteiger partial charge on any atom is 0.0541 e. The highest BCUT2D eigenvalue weighted by atomic mass is 15.0. The zero-order chi connectivity index (χ0) is 24.3. The standard InChI is InChI=1S/C36H23N/c1-2-11-28(12-3-1)37-35-16-7-6-14-31(35)34-23-26(19-20-36(34)37)30-15-8-10-25-21-33-27(22-32(25)30)18-17-24-9-4-5-13-29(24)33/h1-23H. The molecule has 0 fully saturated rings. The summed E-state index contributed by atoms with van der Waals surface area (Å²) in [6.07, 6.45) is 0. The van der Waals surface area contributed by atoms with Gasteiger partial charge in [0.2, 0.25) is 0 Å². The van der Waals surface area contributed by atoms with Crippen LogP contribution in [0.2, 0.25) is 0 Å². The summed E-state index contributed by atoms with van der Waals surface area (Å²) in [5, 5.41) is 10.3. The van der Waals surface area contributed by atoms with Gasteiger partial charge in [0.1, 0.15) is 0 Å². The fourth-order valence-corrected chi connectivity index (χ4v) is 6.03. The van der Waals surface area contributed by atoms with E-state index in [1.807, 2.05) is 0 Å². The third-order valence-electron chi connectivity index (χ3n) is 7.74. The summed E-state index contributed by atoms with van der Waals surface area (Å²) in [6.45, 7) is 0. The summed E-state index contributed by atoms with van der Waals surface area (Å²) < 4.78 is 2.37. The van der Waals surface area contributed by atoms with E-state index >= 15 is 0 Å². The molecule has 0 aliphatic rings. The topological polar surface area (TPSA) is 4.93 Å². The second-order valence-electron chi connectivity index (χ2n) is 9.81. The van der Waals surface area contributed by atoms with Gasteiger partial charge in [-0.25, -0.2) is 0 Å². The number of benzene rings is 7. The van der Waals surface area contributed by atoms with E-state index in [0.29, 0.717) is 0 Å². The Bertz CT molecular complexity index is 2130. The number of para-hydroxylation sites is 2. The summed E-state index contributed by atoms with van der Waals surface area (Å²) in [5.41, 5.74) is 6.16. The van der Waals surface area contributed by atoms with Gasteiger partial charge in [-0.1, -0.05) is 97.1 Å². The monoisotopic (exact) mass is 469 g/mol. The molecule has 0 N–H and O–H groups in total. The molecular weight excluding hydrogens is 446 g/mol. The highest BCUT2D eigenvalue weighted by Crippen LogP contribution is 2.38. The van der Waals surface area contributed by atoms with Crippen molar-refractivity contribution in [1.82, 2.24) is 4.57 Å². The molecule has 1 heterocycles. The molecule has 0 aliphatic heterocycles. The zero-order valence-corrected chi connectivity index (χ0v) is 20.2. The summed E-state index contributed by atoms with van der Waals surface area (Å²) in [5.74, 6) is 0. The van der Waals surface area contributed by atoms with Gasteiger partial charge >= 0.3 is 0 Å². The molecule has 7 aromatic carbocycles. The zero-order valence-electron chi connectivity index (χ0n) is 20.2. The van der Waals surface area contributed by atoms with E-state index < -0.39 is 0 Å². The van der Waals surface area contributed by atoms with Gasteiger partial charge in [0.15, 0.2) is 0 Å². The maximum absolute atomic E-state index is 2.37. The molecule has 8 rings (SSSR count). The van der Waals surface area contributed by atoms with Crippen LogP contribution in [0.4, 0.5) is 0 Å². The molecule has 172 valence electrons. The largest absolute Gasteiger partial charge is 0.309 e. The van der Waals surface area contributed by atoms with Crippen molar-refractivity contribution in [3.8, 4) is 16.8 Å². The molecule has 37 heavy (non-hydrogen) atoms. The Morgan fingerprint density at radius 1 is 0.351 bits per heavy atom. The Hall–Kier alpha value is -4.88. The smallest absolute Gasteiger partial charge is 0.0541 e. The Morgan fingerprint density at radius 3 is 1.95 bits per heavy atom. The molecule has 0 amide bonds. The molecule has 0 bridgehead atoms. The molecule has 0 saturated heterocycles. The number of aromatic nitrogens is 1. The number of rotatable bonds is 2. The van der Waals surface area contributed by atoms with Gasteiger partial charge in [-0.3, -0.25) is 0 Å². The Balaban J connectivity index is 1.40. The molecule has 1 aromatic heterocycles. The lowest BCUT2D eigenvalue weighted by Gasteiger charge is -2.11. The maximum atomic E-state index is 2.37. The van der Waals surface area contributed by atoms with Crippen LogP contribution in [0, 0.1) is 0 Å². The van der Waals surface area contributed by atoms with Crippen LogP contribution in [0.3, 0.4) is 0 Å². The average Bonchev–Trinajstić information content (AvgIpc) is 3.30. The highest BCUT2D eigenvalue weighted by Gasteiger charge is 2.14. The van der Waals surface area contributed by atoms with Gasteiger partial charge in [0.25, 0.3) is 0 Å². The summed E-state index contributed by atoms with van der Waals surface area (Å²) in [4.78, 5) is 0. The summed E-state index contributed by atoms with van der Waals surface area (Å²) in [7, 11) is 0. The molecular formula is C36H23N. The van der Waals surface area contributed by atoms with Crippen LogP contribution >= 0.6 is 0 Å². The fraction of sp³-hybridized carbons (Fsp3) is 0. The third kappa shape index (κ3) is 3.04. The van der Waals surface area contributed by atoms with Crippen molar-refractivity contribution in [2.45, 2.75) is 0 Å². The Kier molecular flexibility index (Phi) is 4.29. The highest BCUT2D eigenvalue weighted by molar-refractivity contribution is 6.15. The first-order valence-corrected chi connectivity index (χ1v) is 12.8.